The van der Waals surface area contributed by atoms with E-state index in [2.05, 4.69) is 4.98 Å². The van der Waals surface area contributed by atoms with Crippen molar-refractivity contribution >= 4 is 40.5 Å². The number of hydrogen-bond acceptors (Lipinski definition) is 7. The molecule has 0 saturated carbocycles. The Kier molecular flexibility index (Phi) is 6.38. The minimum absolute atomic E-state index is 0.260. The molecule has 2 unspecified atom stereocenters. The molecule has 2 atom stereocenters. The average molecular weight is 526 g/mol. The van der Waals surface area contributed by atoms with Crippen LogP contribution < -0.4 is 5.73 Å². The van der Waals surface area contributed by atoms with Gasteiger partial charge in [-0.15, -0.1) is 23.1 Å². The first-order chi connectivity index (χ1) is 18.1. The van der Waals surface area contributed by atoms with Gasteiger partial charge >= 0.3 is 5.97 Å². The van der Waals surface area contributed by atoms with Gasteiger partial charge in [-0.2, -0.15) is 0 Å². The molecule has 0 spiro atoms. The summed E-state index contributed by atoms with van der Waals surface area (Å²) < 4.78 is 6.18. The molecule has 1 aromatic heterocycles. The number of rotatable bonds is 6. The summed E-state index contributed by atoms with van der Waals surface area (Å²) in [6, 6.07) is 28.5. The maximum absolute atomic E-state index is 13.9. The van der Waals surface area contributed by atoms with Crippen molar-refractivity contribution in [2.24, 2.45) is 5.73 Å². The summed E-state index contributed by atoms with van der Waals surface area (Å²) >= 11 is 3.05. The molecule has 2 N–H and O–H groups in total. The third-order valence-electron chi connectivity index (χ3n) is 6.46. The number of esters is 1. The number of amides is 1. The normalized spacial score (nSPS) is 19.0. The lowest BCUT2D eigenvalue weighted by Gasteiger charge is -2.48. The van der Waals surface area contributed by atoms with Gasteiger partial charge in [-0.25, -0.2) is 9.78 Å². The zero-order valence-corrected chi connectivity index (χ0v) is 21.3. The molecule has 0 radical (unpaired) electrons. The Labute approximate surface area is 222 Å². The number of nitrogens with two attached hydrogens (primary N) is 1. The second kappa shape index (κ2) is 9.97. The summed E-state index contributed by atoms with van der Waals surface area (Å²) in [7, 11) is 0. The molecule has 1 fully saturated rings. The Hall–Kier alpha value is -3.72. The lowest BCUT2D eigenvalue weighted by atomic mass is 10.0. The van der Waals surface area contributed by atoms with Gasteiger partial charge in [-0.1, -0.05) is 91.0 Å². The van der Waals surface area contributed by atoms with Gasteiger partial charge in [0.1, 0.15) is 22.1 Å². The number of nitrogens with zero attached hydrogens (tertiary/aromatic N) is 2. The Morgan fingerprint density at radius 3 is 2.16 bits per heavy atom. The van der Waals surface area contributed by atoms with Crippen molar-refractivity contribution in [3.63, 3.8) is 0 Å². The van der Waals surface area contributed by atoms with Crippen LogP contribution in [0.3, 0.4) is 0 Å². The molecule has 8 heteroatoms. The highest BCUT2D eigenvalue weighted by atomic mass is 32.2. The van der Waals surface area contributed by atoms with E-state index in [0.717, 1.165) is 32.1 Å². The monoisotopic (exact) mass is 525 g/mol. The Morgan fingerprint density at radius 2 is 1.54 bits per heavy atom. The van der Waals surface area contributed by atoms with Gasteiger partial charge in [0.15, 0.2) is 6.10 Å². The van der Waals surface area contributed by atoms with E-state index in [1.165, 1.54) is 16.2 Å². The first-order valence-corrected chi connectivity index (χ1v) is 13.7. The molecule has 0 bridgehead atoms. The number of hydrogen-bond donors (Lipinski definition) is 1. The first kappa shape index (κ1) is 23.7. The maximum atomic E-state index is 13.9. The molecule has 2 aliphatic rings. The molecule has 2 aliphatic heterocycles. The predicted octanol–water partition coefficient (Wildman–Crippen LogP) is 5.10. The van der Waals surface area contributed by atoms with Crippen molar-refractivity contribution in [1.82, 2.24) is 9.88 Å². The van der Waals surface area contributed by atoms with Gasteiger partial charge in [-0.3, -0.25) is 9.69 Å². The minimum Gasteiger partial charge on any atom is -0.448 e. The second-order valence-electron chi connectivity index (χ2n) is 8.77. The summed E-state index contributed by atoms with van der Waals surface area (Å²) in [5.41, 5.74) is 9.79. The number of thiazole rings is 1. The van der Waals surface area contributed by atoms with Crippen molar-refractivity contribution in [2.75, 3.05) is 5.75 Å². The summed E-state index contributed by atoms with van der Waals surface area (Å²) in [4.78, 5) is 33.7. The van der Waals surface area contributed by atoms with Crippen molar-refractivity contribution in [1.29, 1.82) is 0 Å². The molecule has 4 aromatic rings. The number of aromatic nitrogens is 1. The third kappa shape index (κ3) is 4.37. The van der Waals surface area contributed by atoms with Crippen LogP contribution in [0.2, 0.25) is 0 Å². The molecule has 3 aromatic carbocycles. The molecule has 6 nitrogen and oxygen atoms in total. The van der Waals surface area contributed by atoms with Crippen LogP contribution in [0.1, 0.15) is 22.1 Å². The standard InChI is InChI=1S/C29H23N3O3S2/c30-23-27(33)32-24(29(34)35-25(18-10-4-1-5-11-18)19-12-6-2-7-13-19)21(17-36-28(23)32)22-16-31-26(37-22)20-14-8-3-9-15-20/h1-16,23,25,28H,17,30H2. The second-order valence-corrected chi connectivity index (χ2v) is 10.9. The number of fused-ring (bicyclic) bond motifs is 1. The smallest absolute Gasteiger partial charge is 0.356 e. The molecule has 0 aliphatic carbocycles. The van der Waals surface area contributed by atoms with Gasteiger partial charge in [-0.05, 0) is 11.1 Å². The summed E-state index contributed by atoms with van der Waals surface area (Å²) in [6.45, 7) is 0. The zero-order chi connectivity index (χ0) is 25.4. The van der Waals surface area contributed by atoms with Crippen LogP contribution in [0, 0.1) is 0 Å². The van der Waals surface area contributed by atoms with Crippen LogP contribution in [0.25, 0.3) is 16.1 Å². The van der Waals surface area contributed by atoms with E-state index >= 15 is 0 Å². The Bertz CT molecular complexity index is 1430. The molecule has 3 heterocycles. The molecular formula is C29H23N3O3S2. The number of carbonyl (C=O) groups is 2. The zero-order valence-electron chi connectivity index (χ0n) is 19.7. The van der Waals surface area contributed by atoms with Crippen LogP contribution in [-0.4, -0.2) is 38.9 Å². The van der Waals surface area contributed by atoms with E-state index in [9.17, 15) is 9.59 Å². The van der Waals surface area contributed by atoms with E-state index in [1.807, 2.05) is 91.0 Å². The number of carbonyl (C=O) groups excluding carboxylic acids is 2. The summed E-state index contributed by atoms with van der Waals surface area (Å²) in [6.07, 6.45) is 1.15. The SMILES string of the molecule is NC1C(=O)N2C(C(=O)OC(c3ccccc3)c3ccccc3)=C(c3cnc(-c4ccccc4)s3)CSC12. The molecule has 37 heavy (non-hydrogen) atoms. The molecule has 6 rings (SSSR count). The lowest BCUT2D eigenvalue weighted by Crippen LogP contribution is -2.68. The fourth-order valence-electron chi connectivity index (χ4n) is 4.57. The van der Waals surface area contributed by atoms with E-state index in [4.69, 9.17) is 10.5 Å². The first-order valence-electron chi connectivity index (χ1n) is 11.9. The molecule has 184 valence electrons. The van der Waals surface area contributed by atoms with E-state index in [-0.39, 0.29) is 17.0 Å². The van der Waals surface area contributed by atoms with Gasteiger partial charge in [0.2, 0.25) is 5.91 Å². The Balaban J connectivity index is 1.41. The predicted molar refractivity (Wildman–Crippen MR) is 146 cm³/mol. The van der Waals surface area contributed by atoms with Crippen LogP contribution in [0.5, 0.6) is 0 Å². The van der Waals surface area contributed by atoms with Gasteiger partial charge < -0.3 is 10.5 Å². The van der Waals surface area contributed by atoms with E-state index in [1.54, 1.807) is 18.0 Å². The summed E-state index contributed by atoms with van der Waals surface area (Å²) in [5, 5.41) is 0.563. The van der Waals surface area contributed by atoms with Crippen molar-refractivity contribution in [2.45, 2.75) is 17.5 Å². The van der Waals surface area contributed by atoms with Crippen molar-refractivity contribution < 1.29 is 14.3 Å². The highest BCUT2D eigenvalue weighted by molar-refractivity contribution is 8.00. The largest absolute Gasteiger partial charge is 0.448 e. The maximum Gasteiger partial charge on any atom is 0.356 e. The number of benzene rings is 3. The minimum atomic E-state index is -0.630. The van der Waals surface area contributed by atoms with Crippen molar-refractivity contribution in [3.05, 3.63) is 119 Å². The van der Waals surface area contributed by atoms with Crippen LogP contribution in [0.4, 0.5) is 0 Å². The quantitative estimate of drug-likeness (QED) is 0.279. The number of ether oxygens (including phenoxy) is 1. The van der Waals surface area contributed by atoms with Crippen molar-refractivity contribution in [3.8, 4) is 10.6 Å². The number of thioether (sulfide) groups is 1. The Morgan fingerprint density at radius 1 is 0.946 bits per heavy atom. The fraction of sp³-hybridized carbons (Fsp3) is 0.138. The van der Waals surface area contributed by atoms with E-state index in [0.29, 0.717) is 5.75 Å². The van der Waals surface area contributed by atoms with E-state index < -0.39 is 18.1 Å². The number of β-lactam (4-membered cyclic amide) rings is 1. The average Bonchev–Trinajstić information content (AvgIpc) is 3.46. The topological polar surface area (TPSA) is 85.5 Å². The highest BCUT2D eigenvalue weighted by Crippen LogP contribution is 2.45. The van der Waals surface area contributed by atoms with Crippen LogP contribution in [-0.2, 0) is 14.3 Å². The lowest BCUT2D eigenvalue weighted by molar-refractivity contribution is -0.152. The molecule has 1 amide bonds. The van der Waals surface area contributed by atoms with Gasteiger partial charge in [0.25, 0.3) is 0 Å². The third-order valence-corrected chi connectivity index (χ3v) is 8.86. The van der Waals surface area contributed by atoms with Gasteiger partial charge in [0.05, 0.1) is 4.88 Å². The highest BCUT2D eigenvalue weighted by Gasteiger charge is 2.52. The molecular weight excluding hydrogens is 502 g/mol. The molecule has 1 saturated heterocycles. The fourth-order valence-corrected chi connectivity index (χ4v) is 6.94. The van der Waals surface area contributed by atoms with Gasteiger partial charge in [0, 0.05) is 23.1 Å². The van der Waals surface area contributed by atoms with Crippen LogP contribution >= 0.6 is 23.1 Å². The summed E-state index contributed by atoms with van der Waals surface area (Å²) in [5.74, 6) is -0.289. The van der Waals surface area contributed by atoms with Crippen LogP contribution in [0.15, 0.2) is 103 Å².